The van der Waals surface area contributed by atoms with Gasteiger partial charge in [0.05, 0.1) is 18.2 Å². The van der Waals surface area contributed by atoms with E-state index in [2.05, 4.69) is 21.4 Å². The highest BCUT2D eigenvalue weighted by atomic mass is 16.5. The lowest BCUT2D eigenvalue weighted by Gasteiger charge is -2.14. The molecule has 4 aromatic rings. The van der Waals surface area contributed by atoms with E-state index in [4.69, 9.17) is 14.7 Å². The Bertz CT molecular complexity index is 1310. The van der Waals surface area contributed by atoms with E-state index in [-0.39, 0.29) is 6.61 Å². The molecule has 170 valence electrons. The van der Waals surface area contributed by atoms with Gasteiger partial charge in [0.2, 0.25) is 11.8 Å². The topological polar surface area (TPSA) is 100 Å². The minimum absolute atomic E-state index is 0.0186. The van der Waals surface area contributed by atoms with Crippen molar-refractivity contribution in [1.82, 2.24) is 9.97 Å². The minimum Gasteiger partial charge on any atom is -0.489 e. The average Bonchev–Trinajstić information content (AvgIpc) is 2.86. The molecule has 0 fully saturated rings. The molecule has 3 aromatic carbocycles. The van der Waals surface area contributed by atoms with E-state index in [1.54, 1.807) is 36.5 Å². The van der Waals surface area contributed by atoms with Crippen LogP contribution in [-0.2, 0) is 13.2 Å². The van der Waals surface area contributed by atoms with Gasteiger partial charge in [-0.1, -0.05) is 12.1 Å². The van der Waals surface area contributed by atoms with E-state index < -0.39 is 0 Å². The monoisotopic (exact) mass is 452 g/mol. The van der Waals surface area contributed by atoms with Crippen LogP contribution in [0.2, 0.25) is 0 Å². The average molecular weight is 453 g/mol. The summed E-state index contributed by atoms with van der Waals surface area (Å²) < 4.78 is 12.0. The third kappa shape index (κ3) is 5.68. The van der Waals surface area contributed by atoms with E-state index >= 15 is 0 Å². The van der Waals surface area contributed by atoms with Crippen molar-refractivity contribution in [3.05, 3.63) is 101 Å². The Balaban J connectivity index is 1.45. The second kappa shape index (κ2) is 10.5. The van der Waals surface area contributed by atoms with Crippen LogP contribution in [0.1, 0.15) is 27.8 Å². The van der Waals surface area contributed by atoms with E-state index in [1.165, 1.54) is 0 Å². The molecule has 0 radical (unpaired) electrons. The number of aliphatic hydroxyl groups excluding tert-OH is 1. The Morgan fingerprint density at radius 3 is 2.44 bits per heavy atom. The minimum atomic E-state index is -0.0186. The van der Waals surface area contributed by atoms with Gasteiger partial charge in [-0.2, -0.15) is 10.2 Å². The number of hydrogen-bond acceptors (Lipinski definition) is 7. The fourth-order valence-electron chi connectivity index (χ4n) is 3.51. The summed E-state index contributed by atoms with van der Waals surface area (Å²) in [7, 11) is 0. The van der Waals surface area contributed by atoms with Crippen molar-refractivity contribution >= 4 is 11.6 Å². The molecule has 2 N–H and O–H groups in total. The number of nitrogens with one attached hydrogen (secondary N) is 1. The maximum atomic E-state index is 9.29. The quantitative estimate of drug-likeness (QED) is 0.360. The number of aromatic nitrogens is 2. The Kier molecular flexibility index (Phi) is 7.01. The first-order valence-corrected chi connectivity index (χ1v) is 10.7. The van der Waals surface area contributed by atoms with Crippen LogP contribution in [0.4, 0.5) is 11.6 Å². The van der Waals surface area contributed by atoms with Gasteiger partial charge in [0.15, 0.2) is 0 Å². The number of anilines is 2. The lowest BCUT2D eigenvalue weighted by molar-refractivity contribution is 0.278. The number of rotatable bonds is 8. The number of aliphatic hydroxyl groups is 1. The third-order valence-electron chi connectivity index (χ3n) is 5.11. The van der Waals surface area contributed by atoms with Crippen LogP contribution in [0.5, 0.6) is 17.4 Å². The van der Waals surface area contributed by atoms with Crippen LogP contribution in [0.25, 0.3) is 0 Å². The molecule has 4 rings (SSSR count). The summed E-state index contributed by atoms with van der Waals surface area (Å²) in [6, 6.07) is 22.3. The van der Waals surface area contributed by atoms with Crippen LogP contribution in [-0.4, -0.2) is 15.1 Å². The molecule has 0 atom stereocenters. The van der Waals surface area contributed by atoms with Gasteiger partial charge in [0, 0.05) is 18.0 Å². The normalized spacial score (nSPS) is 10.4. The highest BCUT2D eigenvalue weighted by Gasteiger charge is 2.10. The lowest BCUT2D eigenvalue weighted by atomic mass is 10.1. The molecule has 7 nitrogen and oxygen atoms in total. The molecule has 0 bridgehead atoms. The predicted octanol–water partition coefficient (Wildman–Crippen LogP) is 5.57. The highest BCUT2D eigenvalue weighted by Crippen LogP contribution is 2.30. The standard InChI is InChI=1S/C27H24N4O3/c1-18-12-22(17-33-24-5-3-4-21(14-24)16-32)13-19(2)26(18)34-25-10-11-29-27(31-25)30-23-8-6-20(15-28)7-9-23/h3-14,32H,16-17H2,1-2H3,(H,29,30,31). The first-order chi connectivity index (χ1) is 16.5. The van der Waals surface area contributed by atoms with Crippen molar-refractivity contribution < 1.29 is 14.6 Å². The summed E-state index contributed by atoms with van der Waals surface area (Å²) in [5.74, 6) is 2.26. The number of ether oxygens (including phenoxy) is 2. The van der Waals surface area contributed by atoms with Gasteiger partial charge in [0.25, 0.3) is 0 Å². The maximum absolute atomic E-state index is 9.29. The fraction of sp³-hybridized carbons (Fsp3) is 0.148. The molecule has 7 heteroatoms. The van der Waals surface area contributed by atoms with Crippen molar-refractivity contribution in [3.63, 3.8) is 0 Å². The van der Waals surface area contributed by atoms with Crippen LogP contribution in [0.3, 0.4) is 0 Å². The first-order valence-electron chi connectivity index (χ1n) is 10.7. The molecule has 0 unspecified atom stereocenters. The van der Waals surface area contributed by atoms with Gasteiger partial charge >= 0.3 is 0 Å². The highest BCUT2D eigenvalue weighted by molar-refractivity contribution is 5.55. The van der Waals surface area contributed by atoms with Crippen molar-refractivity contribution in [3.8, 4) is 23.4 Å². The van der Waals surface area contributed by atoms with Gasteiger partial charge in [0.1, 0.15) is 18.1 Å². The Labute approximate surface area is 198 Å². The molecule has 1 aromatic heterocycles. The smallest absolute Gasteiger partial charge is 0.230 e. The summed E-state index contributed by atoms with van der Waals surface area (Å²) >= 11 is 0. The molecule has 0 amide bonds. The molecule has 0 aliphatic heterocycles. The fourth-order valence-corrected chi connectivity index (χ4v) is 3.51. The van der Waals surface area contributed by atoms with E-state index in [9.17, 15) is 5.11 Å². The summed E-state index contributed by atoms with van der Waals surface area (Å²) in [4.78, 5) is 8.69. The summed E-state index contributed by atoms with van der Waals surface area (Å²) in [6.45, 7) is 4.35. The van der Waals surface area contributed by atoms with Gasteiger partial charge in [-0.15, -0.1) is 0 Å². The second-order valence-corrected chi connectivity index (χ2v) is 7.79. The van der Waals surface area contributed by atoms with E-state index in [1.807, 2.05) is 50.2 Å². The molecule has 1 heterocycles. The first kappa shape index (κ1) is 22.8. The van der Waals surface area contributed by atoms with Crippen LogP contribution in [0.15, 0.2) is 72.9 Å². The zero-order valence-corrected chi connectivity index (χ0v) is 18.9. The van der Waals surface area contributed by atoms with E-state index in [0.717, 1.165) is 33.7 Å². The van der Waals surface area contributed by atoms with Gasteiger partial charge < -0.3 is 19.9 Å². The largest absolute Gasteiger partial charge is 0.489 e. The van der Waals surface area contributed by atoms with Crippen molar-refractivity contribution in [2.24, 2.45) is 0 Å². The molecule has 34 heavy (non-hydrogen) atoms. The number of nitrogens with zero attached hydrogens (tertiary/aromatic N) is 3. The van der Waals surface area contributed by atoms with Crippen LogP contribution in [0, 0.1) is 25.2 Å². The third-order valence-corrected chi connectivity index (χ3v) is 5.11. The number of nitriles is 1. The van der Waals surface area contributed by atoms with E-state index in [0.29, 0.717) is 29.7 Å². The predicted molar refractivity (Wildman–Crippen MR) is 129 cm³/mol. The summed E-state index contributed by atoms with van der Waals surface area (Å²) in [5.41, 5.74) is 5.11. The number of benzene rings is 3. The second-order valence-electron chi connectivity index (χ2n) is 7.79. The Morgan fingerprint density at radius 2 is 1.74 bits per heavy atom. The summed E-state index contributed by atoms with van der Waals surface area (Å²) in [6.07, 6.45) is 1.63. The number of hydrogen-bond donors (Lipinski definition) is 2. The Hall–Kier alpha value is -4.41. The molecule has 0 saturated carbocycles. The van der Waals surface area contributed by atoms with Gasteiger partial charge in [-0.25, -0.2) is 4.98 Å². The van der Waals surface area contributed by atoms with Crippen LogP contribution >= 0.6 is 0 Å². The molecule has 0 saturated heterocycles. The maximum Gasteiger partial charge on any atom is 0.230 e. The summed E-state index contributed by atoms with van der Waals surface area (Å²) in [5, 5.41) is 21.3. The molecule has 0 spiro atoms. The van der Waals surface area contributed by atoms with Crippen molar-refractivity contribution in [2.45, 2.75) is 27.1 Å². The SMILES string of the molecule is Cc1cc(COc2cccc(CO)c2)cc(C)c1Oc1ccnc(Nc2ccc(C#N)cc2)n1. The van der Waals surface area contributed by atoms with Gasteiger partial charge in [-0.3, -0.25) is 0 Å². The van der Waals surface area contributed by atoms with Crippen LogP contribution < -0.4 is 14.8 Å². The molecule has 0 aliphatic carbocycles. The Morgan fingerprint density at radius 1 is 0.971 bits per heavy atom. The zero-order valence-electron chi connectivity index (χ0n) is 18.9. The molecule has 0 aliphatic rings. The zero-order chi connectivity index (χ0) is 23.9. The lowest BCUT2D eigenvalue weighted by Crippen LogP contribution is -2.01. The number of aryl methyl sites for hydroxylation is 2. The van der Waals surface area contributed by atoms with Crippen molar-refractivity contribution in [2.75, 3.05) is 5.32 Å². The van der Waals surface area contributed by atoms with Crippen molar-refractivity contribution in [1.29, 1.82) is 5.26 Å². The van der Waals surface area contributed by atoms with Gasteiger partial charge in [-0.05, 0) is 84.6 Å². The molecular formula is C27H24N4O3. The molecular weight excluding hydrogens is 428 g/mol.